The largest absolute Gasteiger partial charge is 0.347 e. The summed E-state index contributed by atoms with van der Waals surface area (Å²) in [6.45, 7) is 0.654. The number of nitrogens with zero attached hydrogens (tertiary/aromatic N) is 3. The van der Waals surface area contributed by atoms with E-state index < -0.39 is 0 Å². The number of hydrogen-bond acceptors (Lipinski definition) is 4. The SMILES string of the molecule is CN(C)C(=O)[C@H]1CCCCN1C(=O)c1cncs1. The first-order valence-corrected chi connectivity index (χ1v) is 6.90. The summed E-state index contributed by atoms with van der Waals surface area (Å²) >= 11 is 1.32. The predicted octanol–water partition coefficient (Wildman–Crippen LogP) is 1.23. The van der Waals surface area contributed by atoms with E-state index in [-0.39, 0.29) is 17.9 Å². The molecule has 18 heavy (non-hydrogen) atoms. The van der Waals surface area contributed by atoms with E-state index in [1.165, 1.54) is 11.3 Å². The van der Waals surface area contributed by atoms with Crippen molar-refractivity contribution in [3.63, 3.8) is 0 Å². The van der Waals surface area contributed by atoms with Crippen molar-refractivity contribution in [1.82, 2.24) is 14.8 Å². The Kier molecular flexibility index (Phi) is 3.96. The second kappa shape index (κ2) is 5.48. The van der Waals surface area contributed by atoms with Crippen LogP contribution in [0, 0.1) is 0 Å². The molecule has 0 aliphatic carbocycles. The van der Waals surface area contributed by atoms with Crippen LogP contribution in [0.1, 0.15) is 28.9 Å². The summed E-state index contributed by atoms with van der Waals surface area (Å²) in [4.78, 5) is 32.2. The maximum Gasteiger partial charge on any atom is 0.266 e. The highest BCUT2D eigenvalue weighted by Gasteiger charge is 2.33. The molecule has 1 atom stereocenters. The second-order valence-electron chi connectivity index (χ2n) is 4.61. The molecule has 0 aromatic carbocycles. The van der Waals surface area contributed by atoms with Gasteiger partial charge in [0, 0.05) is 20.6 Å². The lowest BCUT2D eigenvalue weighted by molar-refractivity contribution is -0.134. The number of carbonyl (C=O) groups is 2. The number of amides is 2. The zero-order valence-electron chi connectivity index (χ0n) is 10.6. The zero-order chi connectivity index (χ0) is 13.1. The second-order valence-corrected chi connectivity index (χ2v) is 5.49. The number of likely N-dealkylation sites (tertiary alicyclic amines) is 1. The monoisotopic (exact) mass is 267 g/mol. The fourth-order valence-electron chi connectivity index (χ4n) is 2.19. The number of thiazole rings is 1. The Morgan fingerprint density at radius 1 is 1.44 bits per heavy atom. The molecular formula is C12H17N3O2S. The molecule has 0 spiro atoms. The number of carbonyl (C=O) groups excluding carboxylic acids is 2. The normalized spacial score (nSPS) is 19.7. The van der Waals surface area contributed by atoms with Crippen molar-refractivity contribution >= 4 is 23.2 Å². The van der Waals surface area contributed by atoms with Gasteiger partial charge in [-0.2, -0.15) is 0 Å². The van der Waals surface area contributed by atoms with Crippen LogP contribution in [0.15, 0.2) is 11.7 Å². The highest BCUT2D eigenvalue weighted by atomic mass is 32.1. The first-order chi connectivity index (χ1) is 8.61. The zero-order valence-corrected chi connectivity index (χ0v) is 11.4. The Hall–Kier alpha value is -1.43. The number of likely N-dealkylation sites (N-methyl/N-ethyl adjacent to an activating group) is 1. The Bertz CT molecular complexity index is 431. The summed E-state index contributed by atoms with van der Waals surface area (Å²) in [6.07, 6.45) is 4.28. The minimum atomic E-state index is -0.316. The van der Waals surface area contributed by atoms with E-state index in [9.17, 15) is 9.59 Å². The van der Waals surface area contributed by atoms with Gasteiger partial charge in [0.15, 0.2) is 0 Å². The third kappa shape index (κ3) is 2.53. The standard InChI is InChI=1S/C12H17N3O2S/c1-14(2)11(16)9-5-3-4-6-15(9)12(17)10-7-13-8-18-10/h7-9H,3-6H2,1-2H3/t9-/m1/s1. The molecule has 1 saturated heterocycles. The van der Waals surface area contributed by atoms with E-state index in [2.05, 4.69) is 4.98 Å². The molecule has 1 aliphatic rings. The van der Waals surface area contributed by atoms with Crippen molar-refractivity contribution in [1.29, 1.82) is 0 Å². The minimum absolute atomic E-state index is 0.00700. The van der Waals surface area contributed by atoms with E-state index in [0.717, 1.165) is 19.3 Å². The van der Waals surface area contributed by atoms with E-state index in [0.29, 0.717) is 11.4 Å². The van der Waals surface area contributed by atoms with Crippen LogP contribution in [0.4, 0.5) is 0 Å². The van der Waals surface area contributed by atoms with Gasteiger partial charge < -0.3 is 9.80 Å². The van der Waals surface area contributed by atoms with Crippen LogP contribution in [0.25, 0.3) is 0 Å². The van der Waals surface area contributed by atoms with Gasteiger partial charge in [-0.15, -0.1) is 11.3 Å². The maximum atomic E-state index is 12.3. The Morgan fingerprint density at radius 3 is 2.83 bits per heavy atom. The van der Waals surface area contributed by atoms with Crippen molar-refractivity contribution in [2.24, 2.45) is 0 Å². The molecule has 1 aromatic rings. The van der Waals surface area contributed by atoms with Gasteiger partial charge in [-0.3, -0.25) is 14.6 Å². The van der Waals surface area contributed by atoms with Crippen molar-refractivity contribution < 1.29 is 9.59 Å². The van der Waals surface area contributed by atoms with Gasteiger partial charge >= 0.3 is 0 Å². The molecule has 1 aromatic heterocycles. The fourth-order valence-corrected chi connectivity index (χ4v) is 2.77. The Labute approximate surface area is 110 Å². The molecule has 98 valence electrons. The Morgan fingerprint density at radius 2 is 2.22 bits per heavy atom. The lowest BCUT2D eigenvalue weighted by atomic mass is 10.0. The van der Waals surface area contributed by atoms with Gasteiger partial charge in [-0.25, -0.2) is 0 Å². The molecule has 0 N–H and O–H groups in total. The number of hydrogen-bond donors (Lipinski definition) is 0. The van der Waals surface area contributed by atoms with Crippen molar-refractivity contribution in [2.45, 2.75) is 25.3 Å². The van der Waals surface area contributed by atoms with E-state index in [4.69, 9.17) is 0 Å². The van der Waals surface area contributed by atoms with Crippen LogP contribution in [-0.2, 0) is 4.79 Å². The number of piperidine rings is 1. The molecule has 5 nitrogen and oxygen atoms in total. The van der Waals surface area contributed by atoms with Crippen LogP contribution in [0.5, 0.6) is 0 Å². The van der Waals surface area contributed by atoms with Crippen LogP contribution >= 0.6 is 11.3 Å². The summed E-state index contributed by atoms with van der Waals surface area (Å²) in [6, 6.07) is -0.316. The van der Waals surface area contributed by atoms with Gasteiger partial charge in [0.25, 0.3) is 5.91 Å². The minimum Gasteiger partial charge on any atom is -0.347 e. The Balaban J connectivity index is 2.18. The molecule has 2 heterocycles. The van der Waals surface area contributed by atoms with E-state index in [1.54, 1.807) is 35.6 Å². The van der Waals surface area contributed by atoms with Crippen LogP contribution in [0.2, 0.25) is 0 Å². The van der Waals surface area contributed by atoms with Gasteiger partial charge in [0.2, 0.25) is 5.91 Å². The molecule has 0 radical (unpaired) electrons. The summed E-state index contributed by atoms with van der Waals surface area (Å²) in [5.74, 6) is -0.0648. The van der Waals surface area contributed by atoms with E-state index >= 15 is 0 Å². The van der Waals surface area contributed by atoms with Crippen LogP contribution in [0.3, 0.4) is 0 Å². The number of rotatable bonds is 2. The first kappa shape index (κ1) is 13.0. The molecule has 1 fully saturated rings. The molecule has 6 heteroatoms. The van der Waals surface area contributed by atoms with Crippen molar-refractivity contribution in [2.75, 3.05) is 20.6 Å². The van der Waals surface area contributed by atoms with Crippen molar-refractivity contribution in [3.05, 3.63) is 16.6 Å². The predicted molar refractivity (Wildman–Crippen MR) is 69.5 cm³/mol. The van der Waals surface area contributed by atoms with Crippen LogP contribution in [-0.4, -0.2) is 53.3 Å². The van der Waals surface area contributed by atoms with Crippen LogP contribution < -0.4 is 0 Å². The average Bonchev–Trinajstić information content (AvgIpc) is 2.90. The lowest BCUT2D eigenvalue weighted by Crippen LogP contribution is -2.51. The summed E-state index contributed by atoms with van der Waals surface area (Å²) in [7, 11) is 3.46. The third-order valence-corrected chi connectivity index (χ3v) is 3.89. The highest BCUT2D eigenvalue weighted by Crippen LogP contribution is 2.22. The average molecular weight is 267 g/mol. The van der Waals surface area contributed by atoms with Gasteiger partial charge in [0.05, 0.1) is 11.7 Å². The summed E-state index contributed by atoms with van der Waals surface area (Å²) in [5.41, 5.74) is 1.64. The summed E-state index contributed by atoms with van der Waals surface area (Å²) in [5, 5.41) is 0. The lowest BCUT2D eigenvalue weighted by Gasteiger charge is -2.35. The van der Waals surface area contributed by atoms with Gasteiger partial charge in [-0.05, 0) is 19.3 Å². The molecular weight excluding hydrogens is 250 g/mol. The van der Waals surface area contributed by atoms with E-state index in [1.807, 2.05) is 0 Å². The maximum absolute atomic E-state index is 12.3. The van der Waals surface area contributed by atoms with Gasteiger partial charge in [0.1, 0.15) is 10.9 Å². The quantitative estimate of drug-likeness (QED) is 0.809. The molecule has 0 bridgehead atoms. The summed E-state index contributed by atoms with van der Waals surface area (Å²) < 4.78 is 0. The molecule has 2 amide bonds. The first-order valence-electron chi connectivity index (χ1n) is 6.02. The molecule has 2 rings (SSSR count). The topological polar surface area (TPSA) is 53.5 Å². The smallest absolute Gasteiger partial charge is 0.266 e. The highest BCUT2D eigenvalue weighted by molar-refractivity contribution is 7.11. The number of aromatic nitrogens is 1. The van der Waals surface area contributed by atoms with Crippen molar-refractivity contribution in [3.8, 4) is 0 Å². The molecule has 0 saturated carbocycles. The third-order valence-electron chi connectivity index (χ3n) is 3.13. The fraction of sp³-hybridized carbons (Fsp3) is 0.583. The molecule has 0 unspecified atom stereocenters. The van der Waals surface area contributed by atoms with Gasteiger partial charge in [-0.1, -0.05) is 0 Å². The molecule has 1 aliphatic heterocycles.